The highest BCUT2D eigenvalue weighted by molar-refractivity contribution is 6.10. The number of hydrogen-bond donors (Lipinski definition) is 1. The highest BCUT2D eigenvalue weighted by Crippen LogP contribution is 2.26. The van der Waals surface area contributed by atoms with Gasteiger partial charge in [0, 0.05) is 37.6 Å². The van der Waals surface area contributed by atoms with Crippen LogP contribution in [0, 0.1) is 26.2 Å². The maximum Gasteiger partial charge on any atom is 0.239 e. The van der Waals surface area contributed by atoms with Crippen molar-refractivity contribution in [3.05, 3.63) is 59.2 Å². The zero-order chi connectivity index (χ0) is 21.2. The number of benzene rings is 2. The Morgan fingerprint density at radius 1 is 0.897 bits per heavy atom. The minimum atomic E-state index is -1.12. The Kier molecular flexibility index (Phi) is 5.96. The summed E-state index contributed by atoms with van der Waals surface area (Å²) >= 11 is 0. The van der Waals surface area contributed by atoms with E-state index in [0.29, 0.717) is 13.1 Å². The molecule has 3 rings (SSSR count). The van der Waals surface area contributed by atoms with Crippen LogP contribution in [0.15, 0.2) is 42.5 Å². The first-order valence-corrected chi connectivity index (χ1v) is 10.2. The molecule has 1 heterocycles. The molecule has 1 N–H and O–H groups in total. The fourth-order valence-electron chi connectivity index (χ4n) is 3.63. The predicted octanol–water partition coefficient (Wildman–Crippen LogP) is 3.93. The molecule has 0 unspecified atom stereocenters. The van der Waals surface area contributed by atoms with Crippen LogP contribution in [0.5, 0.6) is 0 Å². The van der Waals surface area contributed by atoms with E-state index in [9.17, 15) is 9.59 Å². The van der Waals surface area contributed by atoms with Crippen molar-refractivity contribution in [2.24, 2.45) is 5.41 Å². The van der Waals surface area contributed by atoms with Crippen LogP contribution >= 0.6 is 0 Å². The van der Waals surface area contributed by atoms with E-state index in [1.807, 2.05) is 36.9 Å². The molecule has 5 nitrogen and oxygen atoms in total. The Labute approximate surface area is 173 Å². The van der Waals surface area contributed by atoms with Crippen LogP contribution in [0.25, 0.3) is 0 Å². The lowest BCUT2D eigenvalue weighted by Gasteiger charge is -2.39. The maximum absolute atomic E-state index is 13.1. The van der Waals surface area contributed by atoms with Gasteiger partial charge < -0.3 is 15.1 Å². The van der Waals surface area contributed by atoms with Gasteiger partial charge in [0.05, 0.1) is 0 Å². The third kappa shape index (κ3) is 4.61. The van der Waals surface area contributed by atoms with Crippen LogP contribution in [-0.2, 0) is 9.59 Å². The lowest BCUT2D eigenvalue weighted by Crippen LogP contribution is -2.54. The fraction of sp³-hybridized carbons (Fsp3) is 0.417. The molecule has 5 heteroatoms. The second-order valence-electron chi connectivity index (χ2n) is 8.52. The van der Waals surface area contributed by atoms with E-state index in [4.69, 9.17) is 0 Å². The van der Waals surface area contributed by atoms with Gasteiger partial charge in [-0.3, -0.25) is 9.59 Å². The molecule has 2 aromatic rings. The summed E-state index contributed by atoms with van der Waals surface area (Å²) in [7, 11) is 0. The number of nitrogens with zero attached hydrogens (tertiary/aromatic N) is 2. The number of piperazine rings is 1. The van der Waals surface area contributed by atoms with Gasteiger partial charge in [-0.25, -0.2) is 0 Å². The van der Waals surface area contributed by atoms with Gasteiger partial charge in [-0.2, -0.15) is 0 Å². The number of rotatable bonds is 4. The van der Waals surface area contributed by atoms with Gasteiger partial charge in [0.2, 0.25) is 11.8 Å². The third-order valence-corrected chi connectivity index (χ3v) is 5.68. The molecule has 0 spiro atoms. The SMILES string of the molecule is Cc1cccc(N2CCN(C(=O)C(C)(C)C(=O)Nc3cc(C)ccc3C)CC2)c1. The molecule has 0 aromatic heterocycles. The molecule has 2 aromatic carbocycles. The highest BCUT2D eigenvalue weighted by Gasteiger charge is 2.40. The van der Waals surface area contributed by atoms with Gasteiger partial charge in [-0.15, -0.1) is 0 Å². The van der Waals surface area contributed by atoms with E-state index >= 15 is 0 Å². The van der Waals surface area contributed by atoms with Crippen LogP contribution < -0.4 is 10.2 Å². The summed E-state index contributed by atoms with van der Waals surface area (Å²) < 4.78 is 0. The minimum absolute atomic E-state index is 0.121. The quantitative estimate of drug-likeness (QED) is 0.801. The molecule has 0 saturated carbocycles. The van der Waals surface area contributed by atoms with Gasteiger partial charge in [0.15, 0.2) is 0 Å². The number of anilines is 2. The Balaban J connectivity index is 1.64. The van der Waals surface area contributed by atoms with Crippen molar-refractivity contribution < 1.29 is 9.59 Å². The first kappa shape index (κ1) is 20.9. The molecule has 1 saturated heterocycles. The van der Waals surface area contributed by atoms with Gasteiger partial charge >= 0.3 is 0 Å². The highest BCUT2D eigenvalue weighted by atomic mass is 16.2. The van der Waals surface area contributed by atoms with Crippen LogP contribution in [-0.4, -0.2) is 42.9 Å². The Bertz CT molecular complexity index is 912. The zero-order valence-corrected chi connectivity index (χ0v) is 18.1. The third-order valence-electron chi connectivity index (χ3n) is 5.68. The lowest BCUT2D eigenvalue weighted by atomic mass is 9.89. The van der Waals surface area contributed by atoms with Crippen molar-refractivity contribution in [1.82, 2.24) is 4.90 Å². The van der Waals surface area contributed by atoms with Gasteiger partial charge in [0.1, 0.15) is 5.41 Å². The number of nitrogens with one attached hydrogen (secondary N) is 1. The normalized spacial score (nSPS) is 14.7. The molecule has 0 bridgehead atoms. The topological polar surface area (TPSA) is 52.7 Å². The molecule has 1 fully saturated rings. The summed E-state index contributed by atoms with van der Waals surface area (Å²) in [5.74, 6) is -0.387. The molecule has 1 aliphatic heterocycles. The summed E-state index contributed by atoms with van der Waals surface area (Å²) in [6.45, 7) is 12.2. The van der Waals surface area contributed by atoms with Crippen molar-refractivity contribution >= 4 is 23.2 Å². The van der Waals surface area contributed by atoms with E-state index in [0.717, 1.165) is 29.9 Å². The summed E-state index contributed by atoms with van der Waals surface area (Å²) in [6.07, 6.45) is 0. The Hall–Kier alpha value is -2.82. The number of hydrogen-bond acceptors (Lipinski definition) is 3. The number of amides is 2. The van der Waals surface area contributed by atoms with Crippen molar-refractivity contribution in [2.45, 2.75) is 34.6 Å². The summed E-state index contributed by atoms with van der Waals surface area (Å²) in [6, 6.07) is 14.3. The molecule has 1 aliphatic rings. The molecular formula is C24H31N3O2. The molecule has 29 heavy (non-hydrogen) atoms. The molecular weight excluding hydrogens is 362 g/mol. The van der Waals surface area contributed by atoms with Crippen molar-refractivity contribution in [1.29, 1.82) is 0 Å². The predicted molar refractivity (Wildman–Crippen MR) is 118 cm³/mol. The van der Waals surface area contributed by atoms with Crippen molar-refractivity contribution in [3.8, 4) is 0 Å². The smallest absolute Gasteiger partial charge is 0.239 e. The fourth-order valence-corrected chi connectivity index (χ4v) is 3.63. The first-order valence-electron chi connectivity index (χ1n) is 10.2. The second-order valence-corrected chi connectivity index (χ2v) is 8.52. The van der Waals surface area contributed by atoms with E-state index in [-0.39, 0.29) is 11.8 Å². The average Bonchev–Trinajstić information content (AvgIpc) is 2.70. The van der Waals surface area contributed by atoms with Crippen molar-refractivity contribution in [3.63, 3.8) is 0 Å². The summed E-state index contributed by atoms with van der Waals surface area (Å²) in [4.78, 5) is 30.2. The monoisotopic (exact) mass is 393 g/mol. The van der Waals surface area contributed by atoms with E-state index in [2.05, 4.69) is 41.4 Å². The first-order chi connectivity index (χ1) is 13.7. The van der Waals surface area contributed by atoms with Crippen LogP contribution in [0.1, 0.15) is 30.5 Å². The molecule has 2 amide bonds. The molecule has 0 aliphatic carbocycles. The molecule has 0 atom stereocenters. The second kappa shape index (κ2) is 8.27. The van der Waals surface area contributed by atoms with Gasteiger partial charge in [-0.05, 0) is 69.5 Å². The number of carbonyl (C=O) groups is 2. The molecule has 154 valence electrons. The van der Waals surface area contributed by atoms with Gasteiger partial charge in [0.25, 0.3) is 0 Å². The van der Waals surface area contributed by atoms with E-state index < -0.39 is 5.41 Å². The van der Waals surface area contributed by atoms with Crippen molar-refractivity contribution in [2.75, 3.05) is 36.4 Å². The summed E-state index contributed by atoms with van der Waals surface area (Å²) in [5, 5.41) is 2.96. The maximum atomic E-state index is 13.1. The van der Waals surface area contributed by atoms with Gasteiger partial charge in [-0.1, -0.05) is 24.3 Å². The minimum Gasteiger partial charge on any atom is -0.368 e. The zero-order valence-electron chi connectivity index (χ0n) is 18.1. The summed E-state index contributed by atoms with van der Waals surface area (Å²) in [5.41, 5.74) is 4.11. The average molecular weight is 394 g/mol. The van der Waals surface area contributed by atoms with E-state index in [1.54, 1.807) is 13.8 Å². The Morgan fingerprint density at radius 2 is 1.55 bits per heavy atom. The number of aryl methyl sites for hydroxylation is 3. The number of carbonyl (C=O) groups excluding carboxylic acids is 2. The molecule has 0 radical (unpaired) electrons. The van der Waals surface area contributed by atoms with E-state index in [1.165, 1.54) is 11.3 Å². The standard InChI is InChI=1S/C24H31N3O2/c1-17-7-6-8-20(15-17)26-11-13-27(14-12-26)23(29)24(4,5)22(28)25-21-16-18(2)9-10-19(21)3/h6-10,15-16H,11-14H2,1-5H3,(H,25,28). The van der Waals surface area contributed by atoms with Crippen LogP contribution in [0.3, 0.4) is 0 Å². The lowest BCUT2D eigenvalue weighted by molar-refractivity contribution is -0.146. The largest absolute Gasteiger partial charge is 0.368 e. The van der Waals surface area contributed by atoms with Crippen LogP contribution in [0.4, 0.5) is 11.4 Å². The van der Waals surface area contributed by atoms with Crippen LogP contribution in [0.2, 0.25) is 0 Å². The Morgan fingerprint density at radius 3 is 2.21 bits per heavy atom.